The van der Waals surface area contributed by atoms with Crippen LogP contribution in [0.5, 0.6) is 5.75 Å². The van der Waals surface area contributed by atoms with Gasteiger partial charge < -0.3 is 19.4 Å². The molecule has 1 aromatic carbocycles. The molecule has 0 radical (unpaired) electrons. The van der Waals surface area contributed by atoms with Gasteiger partial charge in [-0.3, -0.25) is 9.59 Å². The zero-order valence-electron chi connectivity index (χ0n) is 15.6. The summed E-state index contributed by atoms with van der Waals surface area (Å²) in [7, 11) is 1.57. The first-order valence-corrected chi connectivity index (χ1v) is 8.74. The van der Waals surface area contributed by atoms with E-state index >= 15 is 0 Å². The molecular weight excluding hydrogens is 332 g/mol. The fourth-order valence-corrected chi connectivity index (χ4v) is 3.42. The van der Waals surface area contributed by atoms with Crippen molar-refractivity contribution in [1.29, 1.82) is 0 Å². The van der Waals surface area contributed by atoms with Gasteiger partial charge in [-0.1, -0.05) is 6.07 Å². The Bertz CT molecular complexity index is 840. The van der Waals surface area contributed by atoms with E-state index in [1.807, 2.05) is 32.0 Å². The summed E-state index contributed by atoms with van der Waals surface area (Å²) >= 11 is 0. The van der Waals surface area contributed by atoms with Crippen molar-refractivity contribution in [3.05, 3.63) is 46.9 Å². The Hall–Kier alpha value is -2.76. The molecule has 0 bridgehead atoms. The Labute approximate surface area is 153 Å². The average Bonchev–Trinajstić information content (AvgIpc) is 3.21. The van der Waals surface area contributed by atoms with E-state index in [9.17, 15) is 9.59 Å². The highest BCUT2D eigenvalue weighted by molar-refractivity contribution is 6.02. The standard InChI is InChI=1S/C20H24N2O4/c1-12-7-8-18(25-4)16(10-12)21-19(23)17-6-5-9-22(17)20(24)15-11-13(2)26-14(15)3/h7-8,10-11,17H,5-6,9H2,1-4H3,(H,21,23). The van der Waals surface area contributed by atoms with Crippen molar-refractivity contribution >= 4 is 17.5 Å². The van der Waals surface area contributed by atoms with Crippen molar-refractivity contribution in [3.63, 3.8) is 0 Å². The summed E-state index contributed by atoms with van der Waals surface area (Å²) in [6.07, 6.45) is 1.44. The third kappa shape index (κ3) is 3.45. The summed E-state index contributed by atoms with van der Waals surface area (Å²) in [6.45, 7) is 6.08. The molecule has 0 spiro atoms. The third-order valence-electron chi connectivity index (χ3n) is 4.70. The van der Waals surface area contributed by atoms with E-state index in [-0.39, 0.29) is 11.8 Å². The largest absolute Gasteiger partial charge is 0.495 e. The minimum atomic E-state index is -0.498. The first-order valence-electron chi connectivity index (χ1n) is 8.74. The zero-order valence-corrected chi connectivity index (χ0v) is 15.6. The van der Waals surface area contributed by atoms with Gasteiger partial charge in [-0.15, -0.1) is 0 Å². The molecule has 3 rings (SSSR count). The lowest BCUT2D eigenvalue weighted by Crippen LogP contribution is -2.43. The molecule has 0 saturated carbocycles. The van der Waals surface area contributed by atoms with E-state index in [1.54, 1.807) is 25.0 Å². The van der Waals surface area contributed by atoms with Crippen LogP contribution < -0.4 is 10.1 Å². The second-order valence-electron chi connectivity index (χ2n) is 6.68. The number of benzene rings is 1. The molecule has 1 aliphatic heterocycles. The number of amides is 2. The number of anilines is 1. The molecule has 2 aromatic rings. The summed E-state index contributed by atoms with van der Waals surface area (Å²) in [5, 5.41) is 2.92. The smallest absolute Gasteiger partial charge is 0.258 e. The number of carbonyl (C=O) groups is 2. The number of nitrogens with one attached hydrogen (secondary N) is 1. The summed E-state index contributed by atoms with van der Waals surface area (Å²) < 4.78 is 10.8. The maximum Gasteiger partial charge on any atom is 0.258 e. The van der Waals surface area contributed by atoms with Gasteiger partial charge >= 0.3 is 0 Å². The van der Waals surface area contributed by atoms with E-state index in [0.29, 0.717) is 41.5 Å². The fourth-order valence-electron chi connectivity index (χ4n) is 3.42. The molecule has 1 saturated heterocycles. The van der Waals surface area contributed by atoms with Gasteiger partial charge in [-0.2, -0.15) is 0 Å². The molecule has 6 nitrogen and oxygen atoms in total. The number of hydrogen-bond acceptors (Lipinski definition) is 4. The second-order valence-corrected chi connectivity index (χ2v) is 6.68. The molecule has 1 atom stereocenters. The Morgan fingerprint density at radius 3 is 2.65 bits per heavy atom. The maximum atomic E-state index is 12.9. The van der Waals surface area contributed by atoms with E-state index in [0.717, 1.165) is 12.0 Å². The maximum absolute atomic E-state index is 12.9. The van der Waals surface area contributed by atoms with Crippen LogP contribution in [-0.4, -0.2) is 36.4 Å². The van der Waals surface area contributed by atoms with E-state index < -0.39 is 6.04 Å². The molecule has 6 heteroatoms. The second kappa shape index (κ2) is 7.23. The molecule has 1 unspecified atom stereocenters. The average molecular weight is 356 g/mol. The Balaban J connectivity index is 1.80. The lowest BCUT2D eigenvalue weighted by Gasteiger charge is -2.24. The van der Waals surface area contributed by atoms with E-state index in [4.69, 9.17) is 9.15 Å². The van der Waals surface area contributed by atoms with Gasteiger partial charge in [0.1, 0.15) is 23.3 Å². The normalized spacial score (nSPS) is 16.6. The summed E-state index contributed by atoms with van der Waals surface area (Å²) in [4.78, 5) is 27.4. The van der Waals surface area contributed by atoms with Crippen LogP contribution in [0.4, 0.5) is 5.69 Å². The minimum Gasteiger partial charge on any atom is -0.495 e. The molecular formula is C20H24N2O4. The van der Waals surface area contributed by atoms with Gasteiger partial charge in [-0.05, 0) is 57.4 Å². The summed E-state index contributed by atoms with van der Waals surface area (Å²) in [5.74, 6) is 1.52. The topological polar surface area (TPSA) is 71.8 Å². The number of hydrogen-bond donors (Lipinski definition) is 1. The van der Waals surface area contributed by atoms with Crippen LogP contribution in [0.25, 0.3) is 0 Å². The summed E-state index contributed by atoms with van der Waals surface area (Å²) in [5.41, 5.74) is 2.16. The SMILES string of the molecule is COc1ccc(C)cc1NC(=O)C1CCCN1C(=O)c1cc(C)oc1C. The van der Waals surface area contributed by atoms with Crippen LogP contribution in [0.3, 0.4) is 0 Å². The molecule has 1 aromatic heterocycles. The molecule has 26 heavy (non-hydrogen) atoms. The quantitative estimate of drug-likeness (QED) is 0.911. The first-order chi connectivity index (χ1) is 12.4. The van der Waals surface area contributed by atoms with Gasteiger partial charge in [0.25, 0.3) is 5.91 Å². The van der Waals surface area contributed by atoms with Crippen molar-refractivity contribution in [2.24, 2.45) is 0 Å². The third-order valence-corrected chi connectivity index (χ3v) is 4.70. The van der Waals surface area contributed by atoms with Gasteiger partial charge in [0.2, 0.25) is 5.91 Å². The number of carbonyl (C=O) groups excluding carboxylic acids is 2. The summed E-state index contributed by atoms with van der Waals surface area (Å²) in [6, 6.07) is 6.84. The zero-order chi connectivity index (χ0) is 18.8. The van der Waals surface area contributed by atoms with Crippen molar-refractivity contribution in [2.75, 3.05) is 19.0 Å². The highest BCUT2D eigenvalue weighted by Gasteiger charge is 2.36. The van der Waals surface area contributed by atoms with Crippen LogP contribution in [0.15, 0.2) is 28.7 Å². The van der Waals surface area contributed by atoms with Crippen LogP contribution in [0.2, 0.25) is 0 Å². The predicted molar refractivity (Wildman–Crippen MR) is 98.6 cm³/mol. The van der Waals surface area contributed by atoms with Gasteiger partial charge in [-0.25, -0.2) is 0 Å². The number of rotatable bonds is 4. The monoisotopic (exact) mass is 356 g/mol. The lowest BCUT2D eigenvalue weighted by atomic mass is 10.1. The van der Waals surface area contributed by atoms with E-state index in [1.165, 1.54) is 0 Å². The molecule has 1 aliphatic rings. The van der Waals surface area contributed by atoms with Crippen molar-refractivity contribution < 1.29 is 18.7 Å². The highest BCUT2D eigenvalue weighted by atomic mass is 16.5. The molecule has 138 valence electrons. The number of methoxy groups -OCH3 is 1. The molecule has 1 N–H and O–H groups in total. The fraction of sp³-hybridized carbons (Fsp3) is 0.400. The van der Waals surface area contributed by atoms with Gasteiger partial charge in [0.15, 0.2) is 0 Å². The minimum absolute atomic E-state index is 0.159. The van der Waals surface area contributed by atoms with Crippen molar-refractivity contribution in [2.45, 2.75) is 39.7 Å². The molecule has 0 aliphatic carbocycles. The van der Waals surface area contributed by atoms with Gasteiger partial charge in [0.05, 0.1) is 18.4 Å². The molecule has 1 fully saturated rings. The number of nitrogens with zero attached hydrogens (tertiary/aromatic N) is 1. The predicted octanol–water partition coefficient (Wildman–Crippen LogP) is 3.46. The Kier molecular flexibility index (Phi) is 5.02. The number of ether oxygens (including phenoxy) is 1. The first kappa shape index (κ1) is 18.0. The van der Waals surface area contributed by atoms with E-state index in [2.05, 4.69) is 5.32 Å². The number of aryl methyl sites for hydroxylation is 3. The number of furan rings is 1. The number of likely N-dealkylation sites (tertiary alicyclic amines) is 1. The van der Waals surface area contributed by atoms with Crippen molar-refractivity contribution in [3.8, 4) is 5.75 Å². The van der Waals surface area contributed by atoms with Crippen LogP contribution in [0, 0.1) is 20.8 Å². The lowest BCUT2D eigenvalue weighted by molar-refractivity contribution is -0.119. The van der Waals surface area contributed by atoms with Crippen LogP contribution in [0.1, 0.15) is 40.3 Å². The van der Waals surface area contributed by atoms with Crippen LogP contribution >= 0.6 is 0 Å². The van der Waals surface area contributed by atoms with Gasteiger partial charge in [0, 0.05) is 6.54 Å². The molecule has 2 amide bonds. The Morgan fingerprint density at radius 2 is 2.00 bits per heavy atom. The van der Waals surface area contributed by atoms with Crippen LogP contribution in [-0.2, 0) is 4.79 Å². The molecule has 2 heterocycles. The van der Waals surface area contributed by atoms with Crippen molar-refractivity contribution in [1.82, 2.24) is 4.90 Å². The highest BCUT2D eigenvalue weighted by Crippen LogP contribution is 2.28. The Morgan fingerprint density at radius 1 is 1.23 bits per heavy atom.